The Morgan fingerprint density at radius 2 is 1.78 bits per heavy atom. The Kier molecular flexibility index (Phi) is 3.90. The third-order valence-electron chi connectivity index (χ3n) is 2.64. The summed E-state index contributed by atoms with van der Waals surface area (Å²) in [6.45, 7) is 0. The first-order valence-electron chi connectivity index (χ1n) is 5.40. The van der Waals surface area contributed by atoms with Gasteiger partial charge in [0.2, 0.25) is 0 Å². The maximum absolute atomic E-state index is 12.1. The molecule has 0 spiro atoms. The number of hydrogen-bond acceptors (Lipinski definition) is 2. The fourth-order valence-electron chi connectivity index (χ4n) is 1.70. The van der Waals surface area contributed by atoms with Gasteiger partial charge < -0.3 is 5.73 Å². The Morgan fingerprint density at radius 1 is 1.06 bits per heavy atom. The highest BCUT2D eigenvalue weighted by atomic mass is 35.5. The van der Waals surface area contributed by atoms with Crippen molar-refractivity contribution in [1.29, 1.82) is 0 Å². The van der Waals surface area contributed by atoms with Gasteiger partial charge in [-0.1, -0.05) is 47.5 Å². The lowest BCUT2D eigenvalue weighted by Gasteiger charge is -2.07. The number of carbonyl (C=O) groups excluding carboxylic acids is 1. The number of anilines is 1. The predicted octanol–water partition coefficient (Wildman–Crippen LogP) is 4.00. The predicted molar refractivity (Wildman–Crippen MR) is 75.4 cm³/mol. The first-order valence-corrected chi connectivity index (χ1v) is 6.16. The number of benzene rings is 2. The molecule has 0 aliphatic heterocycles. The van der Waals surface area contributed by atoms with Gasteiger partial charge in [0.1, 0.15) is 0 Å². The molecule has 2 aromatic rings. The zero-order valence-corrected chi connectivity index (χ0v) is 11.0. The zero-order valence-electron chi connectivity index (χ0n) is 9.49. The number of ketones is 1. The second kappa shape index (κ2) is 5.42. The van der Waals surface area contributed by atoms with E-state index in [1.165, 1.54) is 0 Å². The Balaban J connectivity index is 2.27. The summed E-state index contributed by atoms with van der Waals surface area (Å²) in [5, 5.41) is 0.866. The van der Waals surface area contributed by atoms with Gasteiger partial charge in [-0.3, -0.25) is 4.79 Å². The lowest BCUT2D eigenvalue weighted by molar-refractivity contribution is 0.0994. The third-order valence-corrected chi connectivity index (χ3v) is 3.50. The first kappa shape index (κ1) is 12.9. The molecular formula is C14H11Cl2NO. The van der Waals surface area contributed by atoms with E-state index < -0.39 is 0 Å². The maximum Gasteiger partial charge on any atom is 0.169 e. The number of Topliss-reactive ketones (excluding diaryl/α,β-unsaturated/α-hetero) is 1. The standard InChI is InChI=1S/C14H11Cl2NO/c15-11-6-3-4-9(14(11)16)8-13(18)10-5-1-2-7-12(10)17/h1-7H,8,17H2. The molecule has 0 saturated heterocycles. The van der Waals surface area contributed by atoms with Crippen molar-refractivity contribution in [3.63, 3.8) is 0 Å². The minimum atomic E-state index is -0.0720. The smallest absolute Gasteiger partial charge is 0.169 e. The van der Waals surface area contributed by atoms with Crippen LogP contribution in [0.2, 0.25) is 10.0 Å². The van der Waals surface area contributed by atoms with E-state index in [1.807, 2.05) is 0 Å². The molecular weight excluding hydrogens is 269 g/mol. The average molecular weight is 280 g/mol. The maximum atomic E-state index is 12.1. The molecule has 0 heterocycles. The normalized spacial score (nSPS) is 10.3. The molecule has 18 heavy (non-hydrogen) atoms. The van der Waals surface area contributed by atoms with Crippen molar-refractivity contribution < 1.29 is 4.79 Å². The van der Waals surface area contributed by atoms with E-state index in [0.717, 1.165) is 0 Å². The third kappa shape index (κ3) is 2.66. The number of halogens is 2. The van der Waals surface area contributed by atoms with Crippen LogP contribution in [0.3, 0.4) is 0 Å². The molecule has 0 unspecified atom stereocenters. The zero-order chi connectivity index (χ0) is 13.1. The van der Waals surface area contributed by atoms with Gasteiger partial charge in [0.05, 0.1) is 10.0 Å². The van der Waals surface area contributed by atoms with Gasteiger partial charge in [0, 0.05) is 17.7 Å². The van der Waals surface area contributed by atoms with Gasteiger partial charge in [0.15, 0.2) is 5.78 Å². The van der Waals surface area contributed by atoms with Gasteiger partial charge in [0.25, 0.3) is 0 Å². The summed E-state index contributed by atoms with van der Waals surface area (Å²) >= 11 is 12.0. The molecule has 0 radical (unpaired) electrons. The van der Waals surface area contributed by atoms with Crippen LogP contribution in [0.4, 0.5) is 5.69 Å². The molecule has 0 bridgehead atoms. The van der Waals surface area contributed by atoms with Crippen molar-refractivity contribution in [2.45, 2.75) is 6.42 Å². The van der Waals surface area contributed by atoms with E-state index in [9.17, 15) is 4.79 Å². The van der Waals surface area contributed by atoms with Crippen LogP contribution >= 0.6 is 23.2 Å². The van der Waals surface area contributed by atoms with E-state index in [2.05, 4.69) is 0 Å². The van der Waals surface area contributed by atoms with E-state index in [-0.39, 0.29) is 12.2 Å². The monoisotopic (exact) mass is 279 g/mol. The molecule has 0 amide bonds. The number of carbonyl (C=O) groups is 1. The van der Waals surface area contributed by atoms with Gasteiger partial charge in [-0.15, -0.1) is 0 Å². The number of nitrogen functional groups attached to an aromatic ring is 1. The van der Waals surface area contributed by atoms with Crippen LogP contribution in [-0.4, -0.2) is 5.78 Å². The lowest BCUT2D eigenvalue weighted by Crippen LogP contribution is -2.07. The van der Waals surface area contributed by atoms with Crippen LogP contribution < -0.4 is 5.73 Å². The fourth-order valence-corrected chi connectivity index (χ4v) is 2.09. The van der Waals surface area contributed by atoms with Crippen LogP contribution in [0.5, 0.6) is 0 Å². The van der Waals surface area contributed by atoms with Crippen LogP contribution in [-0.2, 0) is 6.42 Å². The average Bonchev–Trinajstić information content (AvgIpc) is 2.35. The summed E-state index contributed by atoms with van der Waals surface area (Å²) < 4.78 is 0. The summed E-state index contributed by atoms with van der Waals surface area (Å²) in [5.41, 5.74) is 7.45. The van der Waals surface area contributed by atoms with E-state index in [0.29, 0.717) is 26.9 Å². The highest BCUT2D eigenvalue weighted by Crippen LogP contribution is 2.27. The van der Waals surface area contributed by atoms with Crippen molar-refractivity contribution in [1.82, 2.24) is 0 Å². The van der Waals surface area contributed by atoms with E-state index in [4.69, 9.17) is 28.9 Å². The first-order chi connectivity index (χ1) is 8.59. The number of para-hydroxylation sites is 1. The Labute approximate surface area is 115 Å². The van der Waals surface area contributed by atoms with Crippen LogP contribution in [0.1, 0.15) is 15.9 Å². The molecule has 4 heteroatoms. The van der Waals surface area contributed by atoms with Gasteiger partial charge in [-0.25, -0.2) is 0 Å². The number of rotatable bonds is 3. The fraction of sp³-hybridized carbons (Fsp3) is 0.0714. The molecule has 2 N–H and O–H groups in total. The molecule has 2 nitrogen and oxygen atoms in total. The molecule has 0 aliphatic rings. The molecule has 0 saturated carbocycles. The molecule has 0 atom stereocenters. The second-order valence-electron chi connectivity index (χ2n) is 3.90. The Hall–Kier alpha value is -1.51. The van der Waals surface area contributed by atoms with Crippen molar-refractivity contribution in [2.75, 3.05) is 5.73 Å². The number of nitrogens with two attached hydrogens (primary N) is 1. The summed E-state index contributed by atoms with van der Waals surface area (Å²) in [5.74, 6) is -0.0720. The second-order valence-corrected chi connectivity index (χ2v) is 4.69. The topological polar surface area (TPSA) is 43.1 Å². The van der Waals surface area contributed by atoms with Gasteiger partial charge in [-0.2, -0.15) is 0 Å². The van der Waals surface area contributed by atoms with E-state index >= 15 is 0 Å². The number of hydrogen-bond donors (Lipinski definition) is 1. The van der Waals surface area contributed by atoms with Crippen LogP contribution in [0.15, 0.2) is 42.5 Å². The SMILES string of the molecule is Nc1ccccc1C(=O)Cc1cccc(Cl)c1Cl. The minimum absolute atomic E-state index is 0.0720. The summed E-state index contributed by atoms with van der Waals surface area (Å²) in [7, 11) is 0. The minimum Gasteiger partial charge on any atom is -0.398 e. The Morgan fingerprint density at radius 3 is 2.50 bits per heavy atom. The van der Waals surface area contributed by atoms with Crippen molar-refractivity contribution in [2.24, 2.45) is 0 Å². The van der Waals surface area contributed by atoms with E-state index in [1.54, 1.807) is 42.5 Å². The highest BCUT2D eigenvalue weighted by molar-refractivity contribution is 6.42. The van der Waals surface area contributed by atoms with Crippen LogP contribution in [0, 0.1) is 0 Å². The van der Waals surface area contributed by atoms with Crippen molar-refractivity contribution in [3.05, 3.63) is 63.6 Å². The van der Waals surface area contributed by atoms with Crippen LogP contribution in [0.25, 0.3) is 0 Å². The van der Waals surface area contributed by atoms with Gasteiger partial charge >= 0.3 is 0 Å². The summed E-state index contributed by atoms with van der Waals surface area (Å²) in [4.78, 5) is 12.1. The summed E-state index contributed by atoms with van der Waals surface area (Å²) in [6, 6.07) is 12.2. The molecule has 0 aliphatic carbocycles. The van der Waals surface area contributed by atoms with Crippen molar-refractivity contribution in [3.8, 4) is 0 Å². The molecule has 2 rings (SSSR count). The highest BCUT2D eigenvalue weighted by Gasteiger charge is 2.13. The quantitative estimate of drug-likeness (QED) is 0.682. The summed E-state index contributed by atoms with van der Waals surface area (Å²) in [6.07, 6.45) is 0.188. The van der Waals surface area contributed by atoms with Crippen molar-refractivity contribution >= 4 is 34.7 Å². The molecule has 0 fully saturated rings. The molecule has 0 aromatic heterocycles. The molecule has 92 valence electrons. The Bertz CT molecular complexity index is 596. The molecule has 2 aromatic carbocycles. The van der Waals surface area contributed by atoms with Gasteiger partial charge in [-0.05, 0) is 23.8 Å². The largest absolute Gasteiger partial charge is 0.398 e. The lowest BCUT2D eigenvalue weighted by atomic mass is 10.0.